The summed E-state index contributed by atoms with van der Waals surface area (Å²) in [4.78, 5) is 1.24. The van der Waals surface area contributed by atoms with Gasteiger partial charge in [0, 0.05) is 10.3 Å². The maximum Gasteiger partial charge on any atom is 0.134 e. The van der Waals surface area contributed by atoms with E-state index in [2.05, 4.69) is 45.5 Å². The van der Waals surface area contributed by atoms with Crippen molar-refractivity contribution in [2.45, 2.75) is 6.04 Å². The molecular formula is C14H12BrNOS. The smallest absolute Gasteiger partial charge is 0.134 e. The van der Waals surface area contributed by atoms with Crippen LogP contribution in [0.25, 0.3) is 11.0 Å². The van der Waals surface area contributed by atoms with Gasteiger partial charge in [-0.3, -0.25) is 0 Å². The lowest BCUT2D eigenvalue weighted by Gasteiger charge is -2.10. The van der Waals surface area contributed by atoms with Crippen molar-refractivity contribution >= 4 is 38.2 Å². The summed E-state index contributed by atoms with van der Waals surface area (Å²) in [6, 6.07) is 14.5. The summed E-state index contributed by atoms with van der Waals surface area (Å²) in [6.45, 7) is 0. The fourth-order valence-corrected chi connectivity index (χ4v) is 3.59. The largest absolute Gasteiger partial charge is 0.459 e. The molecular weight excluding hydrogens is 310 g/mol. The van der Waals surface area contributed by atoms with Gasteiger partial charge in [-0.05, 0) is 47.2 Å². The standard InChI is InChI=1S/C14H12BrNOS/c1-16-14(12-6-7-13(15)18-12)11-8-9-4-2-3-5-10(9)17-11/h2-8,14,16H,1H3. The summed E-state index contributed by atoms with van der Waals surface area (Å²) < 4.78 is 7.05. The summed E-state index contributed by atoms with van der Waals surface area (Å²) in [5.41, 5.74) is 0.934. The van der Waals surface area contributed by atoms with Gasteiger partial charge in [0.05, 0.1) is 3.79 Å². The predicted molar refractivity (Wildman–Crippen MR) is 79.1 cm³/mol. The molecule has 0 amide bonds. The van der Waals surface area contributed by atoms with Gasteiger partial charge in [0.2, 0.25) is 0 Å². The van der Waals surface area contributed by atoms with E-state index in [1.54, 1.807) is 11.3 Å². The van der Waals surface area contributed by atoms with Gasteiger partial charge >= 0.3 is 0 Å². The SMILES string of the molecule is CNC(c1cc2ccccc2o1)c1ccc(Br)s1. The van der Waals surface area contributed by atoms with Crippen molar-refractivity contribution in [3.8, 4) is 0 Å². The molecule has 3 rings (SSSR count). The molecule has 0 aliphatic rings. The number of hydrogen-bond donors (Lipinski definition) is 1. The second-order valence-corrected chi connectivity index (χ2v) is 6.54. The number of furan rings is 1. The van der Waals surface area contributed by atoms with E-state index in [-0.39, 0.29) is 6.04 Å². The van der Waals surface area contributed by atoms with Crippen LogP contribution >= 0.6 is 27.3 Å². The average Bonchev–Trinajstić information content (AvgIpc) is 2.96. The van der Waals surface area contributed by atoms with Crippen molar-refractivity contribution in [1.82, 2.24) is 5.32 Å². The lowest BCUT2D eigenvalue weighted by Crippen LogP contribution is -2.15. The monoisotopic (exact) mass is 321 g/mol. The number of fused-ring (bicyclic) bond motifs is 1. The van der Waals surface area contributed by atoms with E-state index in [1.165, 1.54) is 4.88 Å². The predicted octanol–water partition coefficient (Wildman–Crippen LogP) is 4.57. The first-order chi connectivity index (χ1) is 8.78. The molecule has 0 fully saturated rings. The minimum Gasteiger partial charge on any atom is -0.459 e. The summed E-state index contributed by atoms with van der Waals surface area (Å²) in [5, 5.41) is 4.45. The van der Waals surface area contributed by atoms with Gasteiger partial charge in [-0.25, -0.2) is 0 Å². The summed E-state index contributed by atoms with van der Waals surface area (Å²) in [5.74, 6) is 0.952. The second kappa shape index (κ2) is 4.88. The molecule has 4 heteroatoms. The quantitative estimate of drug-likeness (QED) is 0.764. The van der Waals surface area contributed by atoms with Crippen LogP contribution in [0, 0.1) is 0 Å². The van der Waals surface area contributed by atoms with Crippen LogP contribution in [0.2, 0.25) is 0 Å². The zero-order valence-corrected chi connectivity index (χ0v) is 12.2. The fourth-order valence-electron chi connectivity index (χ4n) is 2.05. The Kier molecular flexibility index (Phi) is 3.24. The maximum atomic E-state index is 5.91. The highest BCUT2D eigenvalue weighted by molar-refractivity contribution is 9.11. The molecule has 0 aliphatic heterocycles. The average molecular weight is 322 g/mol. The highest BCUT2D eigenvalue weighted by Crippen LogP contribution is 2.33. The van der Waals surface area contributed by atoms with Crippen molar-refractivity contribution in [2.24, 2.45) is 0 Å². The minimum atomic E-state index is 0.105. The molecule has 1 aromatic carbocycles. The highest BCUT2D eigenvalue weighted by Gasteiger charge is 2.18. The highest BCUT2D eigenvalue weighted by atomic mass is 79.9. The molecule has 1 N–H and O–H groups in total. The minimum absolute atomic E-state index is 0.105. The zero-order chi connectivity index (χ0) is 12.5. The molecule has 3 aromatic rings. The van der Waals surface area contributed by atoms with Gasteiger partial charge < -0.3 is 9.73 Å². The van der Waals surface area contributed by atoms with Crippen LogP contribution in [-0.2, 0) is 0 Å². The van der Waals surface area contributed by atoms with Crippen LogP contribution in [-0.4, -0.2) is 7.05 Å². The molecule has 2 nitrogen and oxygen atoms in total. The molecule has 2 aromatic heterocycles. The fraction of sp³-hybridized carbons (Fsp3) is 0.143. The summed E-state index contributed by atoms with van der Waals surface area (Å²) in [6.07, 6.45) is 0. The van der Waals surface area contributed by atoms with Crippen molar-refractivity contribution < 1.29 is 4.42 Å². The molecule has 92 valence electrons. The summed E-state index contributed by atoms with van der Waals surface area (Å²) in [7, 11) is 1.95. The van der Waals surface area contributed by atoms with Gasteiger partial charge in [0.25, 0.3) is 0 Å². The van der Waals surface area contributed by atoms with Crippen LogP contribution in [0.3, 0.4) is 0 Å². The molecule has 1 atom stereocenters. The third-order valence-corrected chi connectivity index (χ3v) is 4.58. The van der Waals surface area contributed by atoms with E-state index < -0.39 is 0 Å². The van der Waals surface area contributed by atoms with Crippen LogP contribution < -0.4 is 5.32 Å². The van der Waals surface area contributed by atoms with Crippen LogP contribution in [0.1, 0.15) is 16.7 Å². The van der Waals surface area contributed by atoms with E-state index in [0.29, 0.717) is 0 Å². The third kappa shape index (κ3) is 2.11. The third-order valence-electron chi connectivity index (χ3n) is 2.90. The Hall–Kier alpha value is -1.10. The van der Waals surface area contributed by atoms with Crippen molar-refractivity contribution in [1.29, 1.82) is 0 Å². The topological polar surface area (TPSA) is 25.2 Å². The molecule has 0 bridgehead atoms. The molecule has 2 heterocycles. The number of hydrogen-bond acceptors (Lipinski definition) is 3. The lowest BCUT2D eigenvalue weighted by atomic mass is 10.1. The van der Waals surface area contributed by atoms with Crippen LogP contribution in [0.5, 0.6) is 0 Å². The maximum absolute atomic E-state index is 5.91. The van der Waals surface area contributed by atoms with E-state index in [4.69, 9.17) is 4.42 Å². The Morgan fingerprint density at radius 1 is 1.22 bits per heavy atom. The second-order valence-electron chi connectivity index (χ2n) is 4.05. The molecule has 0 saturated heterocycles. The van der Waals surface area contributed by atoms with E-state index >= 15 is 0 Å². The number of halogens is 1. The van der Waals surface area contributed by atoms with Crippen molar-refractivity contribution in [3.05, 3.63) is 56.9 Å². The van der Waals surface area contributed by atoms with Gasteiger partial charge in [-0.1, -0.05) is 18.2 Å². The lowest BCUT2D eigenvalue weighted by molar-refractivity contribution is 0.495. The Bertz CT molecular complexity index is 640. The van der Waals surface area contributed by atoms with Crippen molar-refractivity contribution in [3.63, 3.8) is 0 Å². The normalized spacial score (nSPS) is 13.0. The summed E-state index contributed by atoms with van der Waals surface area (Å²) >= 11 is 5.22. The Morgan fingerprint density at radius 3 is 2.72 bits per heavy atom. The number of rotatable bonds is 3. The first-order valence-electron chi connectivity index (χ1n) is 5.69. The zero-order valence-electron chi connectivity index (χ0n) is 9.81. The number of nitrogens with one attached hydrogen (secondary N) is 1. The van der Waals surface area contributed by atoms with Gasteiger partial charge in [0.15, 0.2) is 0 Å². The van der Waals surface area contributed by atoms with E-state index in [1.807, 2.05) is 25.2 Å². The Balaban J connectivity index is 2.05. The van der Waals surface area contributed by atoms with Gasteiger partial charge in [0.1, 0.15) is 17.4 Å². The Labute approximate surface area is 118 Å². The number of benzene rings is 1. The molecule has 0 saturated carbocycles. The van der Waals surface area contributed by atoms with E-state index in [0.717, 1.165) is 20.5 Å². The Morgan fingerprint density at radius 2 is 2.06 bits per heavy atom. The van der Waals surface area contributed by atoms with Gasteiger partial charge in [-0.15, -0.1) is 11.3 Å². The molecule has 0 radical (unpaired) electrons. The molecule has 1 unspecified atom stereocenters. The first kappa shape index (κ1) is 12.0. The number of para-hydroxylation sites is 1. The van der Waals surface area contributed by atoms with Gasteiger partial charge in [-0.2, -0.15) is 0 Å². The molecule has 0 aliphatic carbocycles. The molecule has 18 heavy (non-hydrogen) atoms. The van der Waals surface area contributed by atoms with Crippen molar-refractivity contribution in [2.75, 3.05) is 7.05 Å². The van der Waals surface area contributed by atoms with E-state index in [9.17, 15) is 0 Å². The number of thiophene rings is 1. The first-order valence-corrected chi connectivity index (χ1v) is 7.30. The van der Waals surface area contributed by atoms with Crippen LogP contribution in [0.4, 0.5) is 0 Å². The van der Waals surface area contributed by atoms with Crippen LogP contribution in [0.15, 0.2) is 50.7 Å². The molecule has 0 spiro atoms.